The molecule has 3 nitrogen and oxygen atoms in total. The number of methoxy groups -OCH3 is 1. The SMILES string of the molecule is CC.COc1ncc(C)n1C. The van der Waals surface area contributed by atoms with Crippen LogP contribution < -0.4 is 4.74 Å². The van der Waals surface area contributed by atoms with Crippen LogP contribution >= 0.6 is 0 Å². The predicted molar refractivity (Wildman–Crippen MR) is 45.8 cm³/mol. The van der Waals surface area contributed by atoms with Crippen LogP contribution in [0.25, 0.3) is 0 Å². The lowest BCUT2D eigenvalue weighted by Gasteiger charge is -1.98. The summed E-state index contributed by atoms with van der Waals surface area (Å²) in [5.74, 6) is 0. The maximum absolute atomic E-state index is 4.92. The molecule has 0 saturated carbocycles. The van der Waals surface area contributed by atoms with E-state index in [2.05, 4.69) is 4.98 Å². The van der Waals surface area contributed by atoms with Crippen LogP contribution in [0, 0.1) is 6.92 Å². The van der Waals surface area contributed by atoms with E-state index >= 15 is 0 Å². The van der Waals surface area contributed by atoms with Crippen molar-refractivity contribution in [3.05, 3.63) is 11.9 Å². The number of aromatic nitrogens is 2. The molecule has 0 fully saturated rings. The minimum atomic E-state index is 0.660. The zero-order chi connectivity index (χ0) is 8.85. The van der Waals surface area contributed by atoms with Crippen LogP contribution in [-0.2, 0) is 7.05 Å². The summed E-state index contributed by atoms with van der Waals surface area (Å²) >= 11 is 0. The van der Waals surface area contributed by atoms with Crippen molar-refractivity contribution in [2.75, 3.05) is 7.11 Å². The molecule has 1 aromatic heterocycles. The van der Waals surface area contributed by atoms with Crippen LogP contribution in [-0.4, -0.2) is 16.7 Å². The number of nitrogens with zero attached hydrogens (tertiary/aromatic N) is 2. The van der Waals surface area contributed by atoms with Gasteiger partial charge in [0.2, 0.25) is 0 Å². The van der Waals surface area contributed by atoms with Crippen LogP contribution in [0.5, 0.6) is 6.01 Å². The van der Waals surface area contributed by atoms with Gasteiger partial charge in [0.15, 0.2) is 0 Å². The predicted octanol–water partition coefficient (Wildman–Crippen LogP) is 1.76. The van der Waals surface area contributed by atoms with Gasteiger partial charge >= 0.3 is 0 Å². The zero-order valence-electron chi connectivity index (χ0n) is 7.88. The first-order valence-electron chi connectivity index (χ1n) is 3.78. The Morgan fingerprint density at radius 3 is 2.18 bits per heavy atom. The largest absolute Gasteiger partial charge is 0.468 e. The molecule has 0 aromatic carbocycles. The van der Waals surface area contributed by atoms with E-state index in [1.807, 2.05) is 32.4 Å². The number of imidazole rings is 1. The van der Waals surface area contributed by atoms with Crippen molar-refractivity contribution in [1.82, 2.24) is 9.55 Å². The van der Waals surface area contributed by atoms with Crippen LogP contribution in [0.1, 0.15) is 19.5 Å². The van der Waals surface area contributed by atoms with Gasteiger partial charge in [0.05, 0.1) is 13.3 Å². The molecule has 0 aliphatic heterocycles. The topological polar surface area (TPSA) is 27.1 Å². The smallest absolute Gasteiger partial charge is 0.295 e. The maximum atomic E-state index is 4.92. The van der Waals surface area contributed by atoms with E-state index in [1.54, 1.807) is 13.3 Å². The van der Waals surface area contributed by atoms with Crippen molar-refractivity contribution in [2.45, 2.75) is 20.8 Å². The molecule has 0 atom stereocenters. The van der Waals surface area contributed by atoms with Gasteiger partial charge in [-0.15, -0.1) is 0 Å². The second-order valence-electron chi connectivity index (χ2n) is 1.95. The molecular formula is C8H16N2O. The molecule has 0 spiro atoms. The van der Waals surface area contributed by atoms with Crippen molar-refractivity contribution < 1.29 is 4.74 Å². The van der Waals surface area contributed by atoms with E-state index in [9.17, 15) is 0 Å². The van der Waals surface area contributed by atoms with Gasteiger partial charge in [-0.2, -0.15) is 0 Å². The Kier molecular flexibility index (Phi) is 4.34. The lowest BCUT2D eigenvalue weighted by molar-refractivity contribution is 0.365. The normalized spacial score (nSPS) is 8.45. The summed E-state index contributed by atoms with van der Waals surface area (Å²) in [5.41, 5.74) is 1.10. The van der Waals surface area contributed by atoms with Crippen molar-refractivity contribution in [3.63, 3.8) is 0 Å². The Hall–Kier alpha value is -0.990. The third-order valence-electron chi connectivity index (χ3n) is 1.36. The summed E-state index contributed by atoms with van der Waals surface area (Å²) in [7, 11) is 3.53. The fraction of sp³-hybridized carbons (Fsp3) is 0.625. The molecule has 0 aliphatic rings. The second kappa shape index (κ2) is 4.77. The monoisotopic (exact) mass is 156 g/mol. The summed E-state index contributed by atoms with van der Waals surface area (Å²) in [6.45, 7) is 5.98. The summed E-state index contributed by atoms with van der Waals surface area (Å²) < 4.78 is 6.81. The standard InChI is InChI=1S/C6H10N2O.C2H6/c1-5-4-7-6(9-3)8(5)2;1-2/h4H,1-3H3;1-2H3. The first-order valence-corrected chi connectivity index (χ1v) is 3.78. The third kappa shape index (κ3) is 2.26. The average Bonchev–Trinajstić information content (AvgIpc) is 2.37. The molecule has 3 heteroatoms. The van der Waals surface area contributed by atoms with Gasteiger partial charge in [-0.05, 0) is 6.92 Å². The van der Waals surface area contributed by atoms with E-state index in [0.29, 0.717) is 6.01 Å². The van der Waals surface area contributed by atoms with Crippen LogP contribution in [0.15, 0.2) is 6.20 Å². The van der Waals surface area contributed by atoms with Crippen molar-refractivity contribution in [3.8, 4) is 6.01 Å². The van der Waals surface area contributed by atoms with E-state index in [0.717, 1.165) is 5.69 Å². The van der Waals surface area contributed by atoms with Gasteiger partial charge in [0, 0.05) is 12.7 Å². The highest BCUT2D eigenvalue weighted by atomic mass is 16.5. The Bertz CT molecular complexity index is 206. The van der Waals surface area contributed by atoms with Crippen LogP contribution in [0.3, 0.4) is 0 Å². The van der Waals surface area contributed by atoms with Crippen LogP contribution in [0.2, 0.25) is 0 Å². The highest BCUT2D eigenvalue weighted by Gasteiger charge is 1.99. The summed E-state index contributed by atoms with van der Waals surface area (Å²) in [6.07, 6.45) is 1.78. The fourth-order valence-electron chi connectivity index (χ4n) is 0.662. The van der Waals surface area contributed by atoms with E-state index < -0.39 is 0 Å². The molecule has 1 rings (SSSR count). The molecule has 0 aliphatic carbocycles. The minimum Gasteiger partial charge on any atom is -0.468 e. The lowest BCUT2D eigenvalue weighted by atomic mass is 10.5. The Morgan fingerprint density at radius 1 is 1.45 bits per heavy atom. The molecule has 1 aromatic rings. The molecule has 1 heterocycles. The Balaban J connectivity index is 0.000000461. The maximum Gasteiger partial charge on any atom is 0.295 e. The number of hydrogen-bond donors (Lipinski definition) is 0. The number of hydrogen-bond acceptors (Lipinski definition) is 2. The van der Waals surface area contributed by atoms with Crippen LogP contribution in [0.4, 0.5) is 0 Å². The summed E-state index contributed by atoms with van der Waals surface area (Å²) in [5, 5.41) is 0. The fourth-order valence-corrected chi connectivity index (χ4v) is 0.662. The number of ether oxygens (including phenoxy) is 1. The lowest BCUT2D eigenvalue weighted by Crippen LogP contribution is -1.95. The second-order valence-corrected chi connectivity index (χ2v) is 1.95. The Morgan fingerprint density at radius 2 is 2.00 bits per heavy atom. The zero-order valence-corrected chi connectivity index (χ0v) is 7.88. The van der Waals surface area contributed by atoms with Gasteiger partial charge in [-0.1, -0.05) is 13.8 Å². The highest BCUT2D eigenvalue weighted by molar-refractivity contribution is 5.06. The van der Waals surface area contributed by atoms with E-state index in [-0.39, 0.29) is 0 Å². The van der Waals surface area contributed by atoms with Gasteiger partial charge in [0.1, 0.15) is 0 Å². The van der Waals surface area contributed by atoms with Gasteiger partial charge in [0.25, 0.3) is 6.01 Å². The van der Waals surface area contributed by atoms with E-state index in [4.69, 9.17) is 4.74 Å². The minimum absolute atomic E-state index is 0.660. The summed E-state index contributed by atoms with van der Waals surface area (Å²) in [4.78, 5) is 3.97. The molecule has 64 valence electrons. The van der Waals surface area contributed by atoms with Crippen molar-refractivity contribution >= 4 is 0 Å². The summed E-state index contributed by atoms with van der Waals surface area (Å²) in [6, 6.07) is 0.660. The highest BCUT2D eigenvalue weighted by Crippen LogP contribution is 2.07. The van der Waals surface area contributed by atoms with Gasteiger partial charge in [-0.3, -0.25) is 0 Å². The Labute approximate surface area is 68.0 Å². The molecule has 11 heavy (non-hydrogen) atoms. The molecule has 0 unspecified atom stereocenters. The van der Waals surface area contributed by atoms with E-state index in [1.165, 1.54) is 0 Å². The molecular weight excluding hydrogens is 140 g/mol. The molecule has 0 N–H and O–H groups in total. The first kappa shape index (κ1) is 10.0. The first-order chi connectivity index (χ1) is 5.25. The average molecular weight is 156 g/mol. The third-order valence-corrected chi connectivity index (χ3v) is 1.36. The molecule has 0 saturated heterocycles. The molecule has 0 bridgehead atoms. The van der Waals surface area contributed by atoms with Crippen molar-refractivity contribution in [2.24, 2.45) is 7.05 Å². The molecule has 0 radical (unpaired) electrons. The van der Waals surface area contributed by atoms with Gasteiger partial charge < -0.3 is 9.30 Å². The van der Waals surface area contributed by atoms with Crippen molar-refractivity contribution in [1.29, 1.82) is 0 Å². The van der Waals surface area contributed by atoms with Gasteiger partial charge in [-0.25, -0.2) is 4.98 Å². The number of aryl methyl sites for hydroxylation is 1. The quantitative estimate of drug-likeness (QED) is 0.619. The number of rotatable bonds is 1. The molecule has 0 amide bonds.